The molecule has 0 radical (unpaired) electrons. The largest absolute Gasteiger partial charge is 0.484 e. The molecule has 2 rings (SSSR count). The Bertz CT molecular complexity index is 470. The molecule has 20 heavy (non-hydrogen) atoms. The average molecular weight is 275 g/mol. The van der Waals surface area contributed by atoms with Crippen LogP contribution in [0.15, 0.2) is 18.2 Å². The maximum Gasteiger partial charge on any atom is 0.260 e. The van der Waals surface area contributed by atoms with Crippen LogP contribution in [0.4, 0.5) is 0 Å². The van der Waals surface area contributed by atoms with Crippen LogP contribution in [0, 0.1) is 19.8 Å². The SMILES string of the molecule is Cc1ccc(OCC(=O)N2CCCC(C)CC2)c(C)c1. The zero-order valence-electron chi connectivity index (χ0n) is 12.8. The van der Waals surface area contributed by atoms with Gasteiger partial charge >= 0.3 is 0 Å². The van der Waals surface area contributed by atoms with Crippen molar-refractivity contribution in [2.45, 2.75) is 40.0 Å². The summed E-state index contributed by atoms with van der Waals surface area (Å²) in [5.74, 6) is 1.65. The molecule has 1 aromatic carbocycles. The van der Waals surface area contributed by atoms with Crippen molar-refractivity contribution in [2.75, 3.05) is 19.7 Å². The lowest BCUT2D eigenvalue weighted by Crippen LogP contribution is -2.35. The van der Waals surface area contributed by atoms with Gasteiger partial charge < -0.3 is 9.64 Å². The van der Waals surface area contributed by atoms with Crippen molar-refractivity contribution in [2.24, 2.45) is 5.92 Å². The standard InChI is InChI=1S/C17H25NO2/c1-13-5-4-9-18(10-8-13)17(19)12-20-16-7-6-14(2)11-15(16)3/h6-7,11,13H,4-5,8-10,12H2,1-3H3. The highest BCUT2D eigenvalue weighted by atomic mass is 16.5. The van der Waals surface area contributed by atoms with E-state index < -0.39 is 0 Å². The first kappa shape index (κ1) is 14.9. The minimum Gasteiger partial charge on any atom is -0.484 e. The Hall–Kier alpha value is -1.51. The minimum absolute atomic E-state index is 0.110. The summed E-state index contributed by atoms with van der Waals surface area (Å²) in [4.78, 5) is 14.2. The van der Waals surface area contributed by atoms with Gasteiger partial charge in [0, 0.05) is 13.1 Å². The molecule has 0 aliphatic carbocycles. The minimum atomic E-state index is 0.110. The summed E-state index contributed by atoms with van der Waals surface area (Å²) in [5.41, 5.74) is 2.30. The number of hydrogen-bond acceptors (Lipinski definition) is 2. The third kappa shape index (κ3) is 3.99. The molecule has 0 saturated carbocycles. The number of rotatable bonds is 3. The van der Waals surface area contributed by atoms with E-state index >= 15 is 0 Å². The molecular weight excluding hydrogens is 250 g/mol. The van der Waals surface area contributed by atoms with Crippen LogP contribution in [0.5, 0.6) is 5.75 Å². The summed E-state index contributed by atoms with van der Waals surface area (Å²) in [7, 11) is 0. The number of aryl methyl sites for hydroxylation is 2. The summed E-state index contributed by atoms with van der Waals surface area (Å²) in [6.45, 7) is 8.23. The van der Waals surface area contributed by atoms with E-state index in [9.17, 15) is 4.79 Å². The highest BCUT2D eigenvalue weighted by Crippen LogP contribution is 2.20. The predicted molar refractivity (Wildman–Crippen MR) is 81.0 cm³/mol. The van der Waals surface area contributed by atoms with E-state index in [2.05, 4.69) is 19.9 Å². The summed E-state index contributed by atoms with van der Waals surface area (Å²) in [6, 6.07) is 6.04. The van der Waals surface area contributed by atoms with Crippen molar-refractivity contribution < 1.29 is 9.53 Å². The van der Waals surface area contributed by atoms with Crippen LogP contribution in [0.2, 0.25) is 0 Å². The van der Waals surface area contributed by atoms with Gasteiger partial charge in [-0.05, 0) is 50.7 Å². The first-order valence-electron chi connectivity index (χ1n) is 7.54. The van der Waals surface area contributed by atoms with Crippen molar-refractivity contribution in [1.82, 2.24) is 4.90 Å². The van der Waals surface area contributed by atoms with Crippen molar-refractivity contribution in [3.8, 4) is 5.75 Å². The Labute approximate surface area is 121 Å². The Morgan fingerprint density at radius 3 is 2.85 bits per heavy atom. The fourth-order valence-electron chi connectivity index (χ4n) is 2.70. The Morgan fingerprint density at radius 1 is 1.30 bits per heavy atom. The predicted octanol–water partition coefficient (Wildman–Crippen LogP) is 3.33. The van der Waals surface area contributed by atoms with Gasteiger partial charge in [0.05, 0.1) is 0 Å². The smallest absolute Gasteiger partial charge is 0.260 e. The first-order valence-corrected chi connectivity index (χ1v) is 7.54. The van der Waals surface area contributed by atoms with E-state index in [0.717, 1.165) is 43.2 Å². The van der Waals surface area contributed by atoms with Gasteiger partial charge in [0.1, 0.15) is 5.75 Å². The lowest BCUT2D eigenvalue weighted by molar-refractivity contribution is -0.133. The zero-order chi connectivity index (χ0) is 14.5. The zero-order valence-corrected chi connectivity index (χ0v) is 12.8. The monoisotopic (exact) mass is 275 g/mol. The molecule has 1 aliphatic rings. The first-order chi connectivity index (χ1) is 9.56. The van der Waals surface area contributed by atoms with Crippen molar-refractivity contribution in [3.05, 3.63) is 29.3 Å². The van der Waals surface area contributed by atoms with Crippen LogP contribution in [-0.4, -0.2) is 30.5 Å². The van der Waals surface area contributed by atoms with Crippen LogP contribution in [0.3, 0.4) is 0 Å². The number of benzene rings is 1. The molecule has 1 heterocycles. The fourth-order valence-corrected chi connectivity index (χ4v) is 2.70. The van der Waals surface area contributed by atoms with Gasteiger partial charge in [-0.15, -0.1) is 0 Å². The summed E-state index contributed by atoms with van der Waals surface area (Å²) >= 11 is 0. The number of hydrogen-bond donors (Lipinski definition) is 0. The van der Waals surface area contributed by atoms with Crippen LogP contribution < -0.4 is 4.74 Å². The highest BCUT2D eigenvalue weighted by molar-refractivity contribution is 5.77. The van der Waals surface area contributed by atoms with Gasteiger partial charge in [-0.25, -0.2) is 0 Å². The summed E-state index contributed by atoms with van der Waals surface area (Å²) < 4.78 is 5.68. The summed E-state index contributed by atoms with van der Waals surface area (Å²) in [5, 5.41) is 0. The molecule has 1 atom stereocenters. The third-order valence-corrected chi connectivity index (χ3v) is 4.05. The van der Waals surface area contributed by atoms with E-state index in [0.29, 0.717) is 0 Å². The van der Waals surface area contributed by atoms with Crippen LogP contribution in [-0.2, 0) is 4.79 Å². The maximum absolute atomic E-state index is 12.2. The molecule has 0 spiro atoms. The molecular formula is C17H25NO2. The highest BCUT2D eigenvalue weighted by Gasteiger charge is 2.18. The van der Waals surface area contributed by atoms with Crippen LogP contribution in [0.1, 0.15) is 37.3 Å². The molecule has 1 amide bonds. The third-order valence-electron chi connectivity index (χ3n) is 4.05. The molecule has 1 saturated heterocycles. The topological polar surface area (TPSA) is 29.5 Å². The average Bonchev–Trinajstić information content (AvgIpc) is 2.62. The molecule has 110 valence electrons. The normalized spacial score (nSPS) is 19.6. The summed E-state index contributed by atoms with van der Waals surface area (Å²) in [6.07, 6.45) is 3.44. The van der Waals surface area contributed by atoms with Gasteiger partial charge in [-0.3, -0.25) is 4.79 Å². The van der Waals surface area contributed by atoms with Crippen LogP contribution in [0.25, 0.3) is 0 Å². The van der Waals surface area contributed by atoms with Gasteiger partial charge in [0.2, 0.25) is 0 Å². The molecule has 3 heteroatoms. The number of ether oxygens (including phenoxy) is 1. The van der Waals surface area contributed by atoms with Gasteiger partial charge in [-0.1, -0.05) is 24.6 Å². The van der Waals surface area contributed by atoms with E-state index in [1.54, 1.807) is 0 Å². The quantitative estimate of drug-likeness (QED) is 0.847. The Kier molecular flexibility index (Phi) is 5.05. The van der Waals surface area contributed by atoms with Crippen molar-refractivity contribution in [3.63, 3.8) is 0 Å². The molecule has 0 N–H and O–H groups in total. The molecule has 1 unspecified atom stereocenters. The van der Waals surface area contributed by atoms with E-state index in [1.807, 2.05) is 24.0 Å². The molecule has 3 nitrogen and oxygen atoms in total. The number of nitrogens with zero attached hydrogens (tertiary/aromatic N) is 1. The molecule has 1 aromatic rings. The van der Waals surface area contributed by atoms with Crippen LogP contribution >= 0.6 is 0 Å². The maximum atomic E-state index is 12.2. The second kappa shape index (κ2) is 6.78. The second-order valence-corrected chi connectivity index (χ2v) is 5.97. The lowest BCUT2D eigenvalue weighted by atomic mass is 10.0. The Morgan fingerprint density at radius 2 is 2.10 bits per heavy atom. The lowest BCUT2D eigenvalue weighted by Gasteiger charge is -2.21. The molecule has 0 aromatic heterocycles. The van der Waals surface area contributed by atoms with Crippen molar-refractivity contribution >= 4 is 5.91 Å². The number of carbonyl (C=O) groups is 1. The van der Waals surface area contributed by atoms with E-state index in [1.165, 1.54) is 12.0 Å². The number of carbonyl (C=O) groups excluding carboxylic acids is 1. The van der Waals surface area contributed by atoms with Gasteiger partial charge in [0.25, 0.3) is 5.91 Å². The van der Waals surface area contributed by atoms with E-state index in [-0.39, 0.29) is 12.5 Å². The molecule has 1 fully saturated rings. The molecule has 1 aliphatic heterocycles. The number of amides is 1. The van der Waals surface area contributed by atoms with Gasteiger partial charge in [-0.2, -0.15) is 0 Å². The molecule has 0 bridgehead atoms. The fraction of sp³-hybridized carbons (Fsp3) is 0.588. The second-order valence-electron chi connectivity index (χ2n) is 5.97. The van der Waals surface area contributed by atoms with Gasteiger partial charge in [0.15, 0.2) is 6.61 Å². The number of likely N-dealkylation sites (tertiary alicyclic amines) is 1. The van der Waals surface area contributed by atoms with Crippen molar-refractivity contribution in [1.29, 1.82) is 0 Å². The Balaban J connectivity index is 1.88. The van der Waals surface area contributed by atoms with E-state index in [4.69, 9.17) is 4.74 Å².